The standard InChI is InChI=1S/C7H14N2O2/c1-5(7(10)8-2)9-6-3-11-4-6/h5-6,9H,3-4H2,1-2H3,(H,8,10)/t5-/m1/s1. The van der Waals surface area contributed by atoms with Crippen LogP contribution in [0.3, 0.4) is 0 Å². The molecule has 0 aliphatic carbocycles. The molecule has 0 saturated carbocycles. The predicted octanol–water partition coefficient (Wildman–Crippen LogP) is -0.891. The van der Waals surface area contributed by atoms with Crippen LogP contribution < -0.4 is 10.6 Å². The number of rotatable bonds is 3. The van der Waals surface area contributed by atoms with Crippen molar-refractivity contribution in [3.8, 4) is 0 Å². The van der Waals surface area contributed by atoms with Gasteiger partial charge in [0.15, 0.2) is 0 Å². The monoisotopic (exact) mass is 158 g/mol. The summed E-state index contributed by atoms with van der Waals surface area (Å²) in [7, 11) is 1.64. The smallest absolute Gasteiger partial charge is 0.236 e. The van der Waals surface area contributed by atoms with Crippen molar-refractivity contribution in [1.82, 2.24) is 10.6 Å². The van der Waals surface area contributed by atoms with E-state index in [4.69, 9.17) is 4.74 Å². The molecule has 0 spiro atoms. The zero-order valence-electron chi connectivity index (χ0n) is 6.89. The van der Waals surface area contributed by atoms with Crippen LogP contribution in [0, 0.1) is 0 Å². The molecule has 64 valence electrons. The zero-order chi connectivity index (χ0) is 8.27. The van der Waals surface area contributed by atoms with Gasteiger partial charge in [-0.2, -0.15) is 0 Å². The first kappa shape index (κ1) is 8.49. The van der Waals surface area contributed by atoms with Crippen LogP contribution in [0.2, 0.25) is 0 Å². The summed E-state index contributed by atoms with van der Waals surface area (Å²) in [5.41, 5.74) is 0. The van der Waals surface area contributed by atoms with E-state index < -0.39 is 0 Å². The van der Waals surface area contributed by atoms with Crippen LogP contribution in [0.1, 0.15) is 6.92 Å². The second-order valence-corrected chi connectivity index (χ2v) is 2.74. The van der Waals surface area contributed by atoms with E-state index in [1.165, 1.54) is 0 Å². The molecular weight excluding hydrogens is 144 g/mol. The van der Waals surface area contributed by atoms with E-state index in [0.29, 0.717) is 6.04 Å². The molecule has 0 aromatic carbocycles. The minimum Gasteiger partial charge on any atom is -0.378 e. The summed E-state index contributed by atoms with van der Waals surface area (Å²) in [6.07, 6.45) is 0. The van der Waals surface area contributed by atoms with Crippen molar-refractivity contribution in [3.63, 3.8) is 0 Å². The minimum atomic E-state index is -0.117. The predicted molar refractivity (Wildman–Crippen MR) is 41.3 cm³/mol. The molecule has 0 radical (unpaired) electrons. The first-order valence-corrected chi connectivity index (χ1v) is 3.79. The Labute approximate surface area is 66.3 Å². The Morgan fingerprint density at radius 1 is 1.64 bits per heavy atom. The Balaban J connectivity index is 2.18. The van der Waals surface area contributed by atoms with Gasteiger partial charge in [-0.15, -0.1) is 0 Å². The number of nitrogens with one attached hydrogen (secondary N) is 2. The Hall–Kier alpha value is -0.610. The van der Waals surface area contributed by atoms with Crippen LogP contribution in [0.4, 0.5) is 0 Å². The van der Waals surface area contributed by atoms with Gasteiger partial charge in [-0.05, 0) is 6.92 Å². The largest absolute Gasteiger partial charge is 0.378 e. The molecule has 0 bridgehead atoms. The van der Waals surface area contributed by atoms with Crippen LogP contribution in [-0.2, 0) is 9.53 Å². The number of carbonyl (C=O) groups is 1. The summed E-state index contributed by atoms with van der Waals surface area (Å²) in [5.74, 6) is 0.0249. The molecule has 11 heavy (non-hydrogen) atoms. The molecular formula is C7H14N2O2. The second-order valence-electron chi connectivity index (χ2n) is 2.74. The van der Waals surface area contributed by atoms with Gasteiger partial charge in [0.1, 0.15) is 0 Å². The Kier molecular flexibility index (Phi) is 2.84. The average Bonchev–Trinajstić information content (AvgIpc) is 1.94. The lowest BCUT2D eigenvalue weighted by atomic mass is 10.2. The van der Waals surface area contributed by atoms with E-state index in [-0.39, 0.29) is 11.9 Å². The third kappa shape index (κ3) is 2.17. The molecule has 2 N–H and O–H groups in total. The fourth-order valence-electron chi connectivity index (χ4n) is 0.978. The van der Waals surface area contributed by atoms with Gasteiger partial charge < -0.3 is 10.1 Å². The van der Waals surface area contributed by atoms with Crippen LogP contribution in [-0.4, -0.2) is 38.3 Å². The van der Waals surface area contributed by atoms with Gasteiger partial charge in [0.2, 0.25) is 5.91 Å². The second kappa shape index (κ2) is 3.69. The number of hydrogen-bond donors (Lipinski definition) is 2. The number of ether oxygens (including phenoxy) is 1. The number of likely N-dealkylation sites (N-methyl/N-ethyl adjacent to an activating group) is 1. The first-order valence-electron chi connectivity index (χ1n) is 3.79. The van der Waals surface area contributed by atoms with Crippen molar-refractivity contribution in [2.75, 3.05) is 20.3 Å². The summed E-state index contributed by atoms with van der Waals surface area (Å²) in [6.45, 7) is 3.29. The molecule has 1 atom stereocenters. The van der Waals surface area contributed by atoms with Crippen LogP contribution in [0.15, 0.2) is 0 Å². The number of hydrogen-bond acceptors (Lipinski definition) is 3. The third-order valence-electron chi connectivity index (χ3n) is 1.76. The van der Waals surface area contributed by atoms with Crippen LogP contribution in [0.25, 0.3) is 0 Å². The molecule has 4 nitrogen and oxygen atoms in total. The van der Waals surface area contributed by atoms with E-state index in [0.717, 1.165) is 13.2 Å². The Bertz CT molecular complexity index is 145. The quantitative estimate of drug-likeness (QED) is 0.560. The van der Waals surface area contributed by atoms with Gasteiger partial charge in [-0.25, -0.2) is 0 Å². The summed E-state index contributed by atoms with van der Waals surface area (Å²) in [6, 6.07) is 0.246. The molecule has 1 rings (SSSR count). The third-order valence-corrected chi connectivity index (χ3v) is 1.76. The van der Waals surface area contributed by atoms with Gasteiger partial charge in [0, 0.05) is 7.05 Å². The highest BCUT2D eigenvalue weighted by molar-refractivity contribution is 5.80. The molecule has 1 amide bonds. The topological polar surface area (TPSA) is 50.4 Å². The van der Waals surface area contributed by atoms with E-state index in [1.807, 2.05) is 6.92 Å². The summed E-state index contributed by atoms with van der Waals surface area (Å²) in [5, 5.41) is 5.71. The fraction of sp³-hybridized carbons (Fsp3) is 0.857. The first-order chi connectivity index (χ1) is 5.24. The normalized spacial score (nSPS) is 20.5. The maximum Gasteiger partial charge on any atom is 0.236 e. The van der Waals surface area contributed by atoms with Crippen molar-refractivity contribution in [2.45, 2.75) is 19.0 Å². The number of amides is 1. The maximum atomic E-state index is 11.0. The minimum absolute atomic E-state index is 0.0249. The summed E-state index contributed by atoms with van der Waals surface area (Å²) in [4.78, 5) is 11.0. The molecule has 0 aromatic rings. The highest BCUT2D eigenvalue weighted by Gasteiger charge is 2.22. The van der Waals surface area contributed by atoms with Crippen molar-refractivity contribution < 1.29 is 9.53 Å². The Morgan fingerprint density at radius 2 is 2.27 bits per heavy atom. The van der Waals surface area contributed by atoms with Crippen LogP contribution >= 0.6 is 0 Å². The van der Waals surface area contributed by atoms with Gasteiger partial charge in [-0.3, -0.25) is 10.1 Å². The molecule has 0 unspecified atom stereocenters. The molecule has 1 aliphatic heterocycles. The summed E-state index contributed by atoms with van der Waals surface area (Å²) < 4.78 is 4.95. The van der Waals surface area contributed by atoms with Crippen molar-refractivity contribution in [2.24, 2.45) is 0 Å². The van der Waals surface area contributed by atoms with Crippen LogP contribution in [0.5, 0.6) is 0 Å². The lowest BCUT2D eigenvalue weighted by molar-refractivity contribution is -0.123. The van der Waals surface area contributed by atoms with Crippen molar-refractivity contribution >= 4 is 5.91 Å². The van der Waals surface area contributed by atoms with Crippen molar-refractivity contribution in [1.29, 1.82) is 0 Å². The fourth-order valence-corrected chi connectivity index (χ4v) is 0.978. The molecule has 1 aliphatic rings. The van der Waals surface area contributed by atoms with E-state index >= 15 is 0 Å². The highest BCUT2D eigenvalue weighted by Crippen LogP contribution is 2.00. The molecule has 0 aromatic heterocycles. The van der Waals surface area contributed by atoms with Gasteiger partial charge in [0.25, 0.3) is 0 Å². The van der Waals surface area contributed by atoms with E-state index in [1.54, 1.807) is 7.05 Å². The maximum absolute atomic E-state index is 11.0. The van der Waals surface area contributed by atoms with Crippen molar-refractivity contribution in [3.05, 3.63) is 0 Å². The lowest BCUT2D eigenvalue weighted by Gasteiger charge is -2.29. The summed E-state index contributed by atoms with van der Waals surface area (Å²) >= 11 is 0. The molecule has 1 heterocycles. The Morgan fingerprint density at radius 3 is 2.64 bits per heavy atom. The molecule has 1 fully saturated rings. The van der Waals surface area contributed by atoms with Gasteiger partial charge >= 0.3 is 0 Å². The highest BCUT2D eigenvalue weighted by atomic mass is 16.5. The average molecular weight is 158 g/mol. The van der Waals surface area contributed by atoms with Gasteiger partial charge in [-0.1, -0.05) is 0 Å². The molecule has 1 saturated heterocycles. The lowest BCUT2D eigenvalue weighted by Crippen LogP contribution is -2.53. The SMILES string of the molecule is CNC(=O)[C@@H](C)NC1COC1. The zero-order valence-corrected chi connectivity index (χ0v) is 6.89. The van der Waals surface area contributed by atoms with Gasteiger partial charge in [0.05, 0.1) is 25.3 Å². The molecule has 4 heteroatoms. The number of carbonyl (C=O) groups excluding carboxylic acids is 1. The van der Waals surface area contributed by atoms with E-state index in [2.05, 4.69) is 10.6 Å². The van der Waals surface area contributed by atoms with E-state index in [9.17, 15) is 4.79 Å².